The predicted octanol–water partition coefficient (Wildman–Crippen LogP) is 1.44. The molecule has 10 nitrogen and oxygen atoms in total. The number of amides is 2. The van der Waals surface area contributed by atoms with E-state index in [2.05, 4.69) is 16.0 Å². The molecule has 1 aliphatic rings. The molecule has 1 fully saturated rings. The second kappa shape index (κ2) is 9.43. The molecule has 1 saturated heterocycles. The number of carbonyl (C=O) groups is 2. The lowest BCUT2D eigenvalue weighted by Crippen LogP contribution is -2.50. The van der Waals surface area contributed by atoms with Crippen molar-refractivity contribution >= 4 is 21.8 Å². The van der Waals surface area contributed by atoms with E-state index in [0.29, 0.717) is 25.1 Å². The monoisotopic (exact) mass is 469 g/mol. The average Bonchev–Trinajstić information content (AvgIpc) is 3.25. The van der Waals surface area contributed by atoms with Gasteiger partial charge in [-0.05, 0) is 37.1 Å². The minimum Gasteiger partial charge on any atom is -0.504 e. The van der Waals surface area contributed by atoms with Crippen molar-refractivity contribution in [3.63, 3.8) is 0 Å². The Kier molecular flexibility index (Phi) is 6.43. The first-order valence-corrected chi connectivity index (χ1v) is 11.8. The van der Waals surface area contributed by atoms with Gasteiger partial charge >= 0.3 is 0 Å². The third-order valence-electron chi connectivity index (χ3n) is 5.37. The van der Waals surface area contributed by atoms with Crippen LogP contribution in [0.4, 0.5) is 0 Å². The number of aromatic hydroxyl groups is 1. The van der Waals surface area contributed by atoms with Crippen LogP contribution in [-0.2, 0) is 14.8 Å². The molecular weight excluding hydrogens is 446 g/mol. The Labute approximate surface area is 190 Å². The number of benzene rings is 2. The number of sulfonamides is 1. The first-order chi connectivity index (χ1) is 15.9. The minimum atomic E-state index is -3.71. The molecule has 2 aromatic carbocycles. The van der Waals surface area contributed by atoms with Gasteiger partial charge < -0.3 is 5.11 Å². The van der Waals surface area contributed by atoms with Gasteiger partial charge in [-0.3, -0.25) is 20.4 Å². The van der Waals surface area contributed by atoms with Crippen LogP contribution >= 0.6 is 0 Å². The number of rotatable bonds is 5. The Balaban J connectivity index is 1.38. The highest BCUT2D eigenvalue weighted by atomic mass is 32.2. The lowest BCUT2D eigenvalue weighted by molar-refractivity contribution is -0.126. The maximum Gasteiger partial charge on any atom is 0.294 e. The molecule has 0 saturated carbocycles. The van der Waals surface area contributed by atoms with E-state index in [4.69, 9.17) is 0 Å². The lowest BCUT2D eigenvalue weighted by atomic mass is 9.99. The number of piperidine rings is 1. The van der Waals surface area contributed by atoms with E-state index >= 15 is 0 Å². The van der Waals surface area contributed by atoms with Gasteiger partial charge in [0.2, 0.25) is 15.9 Å². The number of nitrogens with zero attached hydrogens (tertiary/aromatic N) is 3. The van der Waals surface area contributed by atoms with Crippen molar-refractivity contribution < 1.29 is 23.1 Å². The lowest BCUT2D eigenvalue weighted by Gasteiger charge is -2.31. The number of nitrogens with one attached hydrogen (secondary N) is 2. The highest BCUT2D eigenvalue weighted by Gasteiger charge is 2.33. The number of hydrazine groups is 1. The predicted molar refractivity (Wildman–Crippen MR) is 119 cm³/mol. The molecule has 1 unspecified atom stereocenters. The van der Waals surface area contributed by atoms with E-state index in [9.17, 15) is 23.1 Å². The topological polar surface area (TPSA) is 134 Å². The summed E-state index contributed by atoms with van der Waals surface area (Å²) in [6.45, 7) is 0.324. The van der Waals surface area contributed by atoms with Crippen LogP contribution in [0.3, 0.4) is 0 Å². The molecule has 3 aromatic rings. The summed E-state index contributed by atoms with van der Waals surface area (Å²) in [7, 11) is -3.71. The van der Waals surface area contributed by atoms with Crippen LogP contribution in [0.2, 0.25) is 0 Å². The molecule has 2 heterocycles. The summed E-state index contributed by atoms with van der Waals surface area (Å²) in [4.78, 5) is 25.2. The molecule has 1 atom stereocenters. The average molecular weight is 470 g/mol. The highest BCUT2D eigenvalue weighted by molar-refractivity contribution is 7.89. The smallest absolute Gasteiger partial charge is 0.294 e. The van der Waals surface area contributed by atoms with E-state index in [1.54, 1.807) is 42.5 Å². The van der Waals surface area contributed by atoms with Gasteiger partial charge in [-0.15, -0.1) is 0 Å². The Morgan fingerprint density at radius 1 is 1.00 bits per heavy atom. The van der Waals surface area contributed by atoms with Crippen LogP contribution < -0.4 is 10.9 Å². The van der Waals surface area contributed by atoms with Crippen molar-refractivity contribution in [3.8, 4) is 11.4 Å². The zero-order chi connectivity index (χ0) is 23.4. The summed E-state index contributed by atoms with van der Waals surface area (Å²) in [5, 5.41) is 14.1. The third kappa shape index (κ3) is 4.89. The first-order valence-electron chi connectivity index (χ1n) is 10.4. The van der Waals surface area contributed by atoms with E-state index < -0.39 is 27.8 Å². The Hall–Kier alpha value is -3.70. The van der Waals surface area contributed by atoms with Crippen molar-refractivity contribution in [2.24, 2.45) is 5.92 Å². The molecule has 3 N–H and O–H groups in total. The Bertz CT molecular complexity index is 1240. The number of carbonyl (C=O) groups excluding carboxylic acids is 2. The maximum atomic E-state index is 12.8. The fourth-order valence-electron chi connectivity index (χ4n) is 3.64. The molecule has 0 spiro atoms. The second-order valence-electron chi connectivity index (χ2n) is 7.60. The van der Waals surface area contributed by atoms with Crippen LogP contribution in [0.1, 0.15) is 23.3 Å². The molecule has 2 amide bonds. The molecule has 33 heavy (non-hydrogen) atoms. The summed E-state index contributed by atoms with van der Waals surface area (Å²) < 4.78 is 28.3. The van der Waals surface area contributed by atoms with Gasteiger partial charge in [-0.2, -0.15) is 9.40 Å². The van der Waals surface area contributed by atoms with Gasteiger partial charge in [0.25, 0.3) is 5.91 Å². The fourth-order valence-corrected chi connectivity index (χ4v) is 5.18. The van der Waals surface area contributed by atoms with Crippen LogP contribution in [0.15, 0.2) is 71.8 Å². The number of hydrogen-bond donors (Lipinski definition) is 3. The van der Waals surface area contributed by atoms with Crippen molar-refractivity contribution in [2.75, 3.05) is 13.1 Å². The SMILES string of the molecule is O=C(NNC(=O)C1CCCN(S(=O)(=O)c2ccccc2)C1)c1nn(-c2ccccc2)cc1O. The van der Waals surface area contributed by atoms with E-state index in [1.807, 2.05) is 6.07 Å². The molecular formula is C22H23N5O5S. The van der Waals surface area contributed by atoms with Gasteiger partial charge in [-0.1, -0.05) is 36.4 Å². The highest BCUT2D eigenvalue weighted by Crippen LogP contribution is 2.24. The molecule has 172 valence electrons. The largest absolute Gasteiger partial charge is 0.504 e. The van der Waals surface area contributed by atoms with E-state index in [1.165, 1.54) is 27.3 Å². The van der Waals surface area contributed by atoms with Gasteiger partial charge in [0.15, 0.2) is 11.4 Å². The van der Waals surface area contributed by atoms with Crippen molar-refractivity contribution in [2.45, 2.75) is 17.7 Å². The van der Waals surface area contributed by atoms with Crippen LogP contribution in [-0.4, -0.2) is 52.5 Å². The molecule has 0 radical (unpaired) electrons. The van der Waals surface area contributed by atoms with Crippen LogP contribution in [0.5, 0.6) is 5.75 Å². The summed E-state index contributed by atoms with van der Waals surface area (Å²) in [6, 6.07) is 17.0. The Morgan fingerprint density at radius 2 is 1.67 bits per heavy atom. The normalized spacial score (nSPS) is 16.8. The van der Waals surface area contributed by atoms with Crippen molar-refractivity contribution in [3.05, 3.63) is 72.6 Å². The summed E-state index contributed by atoms with van der Waals surface area (Å²) in [5.74, 6) is -2.28. The Morgan fingerprint density at radius 3 is 2.36 bits per heavy atom. The summed E-state index contributed by atoms with van der Waals surface area (Å²) in [6.07, 6.45) is 2.29. The first kappa shape index (κ1) is 22.5. The maximum absolute atomic E-state index is 12.8. The molecule has 11 heteroatoms. The zero-order valence-corrected chi connectivity index (χ0v) is 18.4. The molecule has 4 rings (SSSR count). The standard InChI is InChI=1S/C22H23N5O5S/c28-19-15-27(17-9-3-1-4-10-17)25-20(19)22(30)24-23-21(29)16-8-7-13-26(14-16)33(31,32)18-11-5-2-6-12-18/h1-6,9-12,15-16,28H,7-8,13-14H2,(H,23,29)(H,24,30). The van der Waals surface area contributed by atoms with Crippen LogP contribution in [0.25, 0.3) is 5.69 Å². The third-order valence-corrected chi connectivity index (χ3v) is 7.25. The van der Waals surface area contributed by atoms with Gasteiger partial charge in [-0.25, -0.2) is 13.1 Å². The van der Waals surface area contributed by atoms with Gasteiger partial charge in [0.1, 0.15) is 0 Å². The number of para-hydroxylation sites is 1. The van der Waals surface area contributed by atoms with Crippen molar-refractivity contribution in [1.82, 2.24) is 24.9 Å². The molecule has 1 aliphatic heterocycles. The molecule has 0 aliphatic carbocycles. The minimum absolute atomic E-state index is 0.00676. The quantitative estimate of drug-likeness (QED) is 0.484. The van der Waals surface area contributed by atoms with Crippen LogP contribution in [0, 0.1) is 5.92 Å². The number of hydrogen-bond acceptors (Lipinski definition) is 6. The molecule has 0 bridgehead atoms. The summed E-state index contributed by atoms with van der Waals surface area (Å²) in [5.41, 5.74) is 4.96. The number of aromatic nitrogens is 2. The van der Waals surface area contributed by atoms with E-state index in [0.717, 1.165) is 0 Å². The van der Waals surface area contributed by atoms with Gasteiger partial charge in [0, 0.05) is 13.1 Å². The second-order valence-corrected chi connectivity index (χ2v) is 9.54. The zero-order valence-electron chi connectivity index (χ0n) is 17.6. The summed E-state index contributed by atoms with van der Waals surface area (Å²) >= 11 is 0. The molecule has 1 aromatic heterocycles. The fraction of sp³-hybridized carbons (Fsp3) is 0.227. The van der Waals surface area contributed by atoms with Gasteiger partial charge in [0.05, 0.1) is 22.7 Å². The van der Waals surface area contributed by atoms with E-state index in [-0.39, 0.29) is 22.9 Å². The van der Waals surface area contributed by atoms with Crippen molar-refractivity contribution in [1.29, 1.82) is 0 Å².